The third kappa shape index (κ3) is 4.03. The summed E-state index contributed by atoms with van der Waals surface area (Å²) in [7, 11) is 0. The van der Waals surface area contributed by atoms with Crippen LogP contribution in [0.2, 0.25) is 0 Å². The van der Waals surface area contributed by atoms with Crippen LogP contribution in [0.3, 0.4) is 0 Å². The molecule has 0 saturated carbocycles. The Morgan fingerprint density at radius 3 is 2.74 bits per heavy atom. The van der Waals surface area contributed by atoms with Gasteiger partial charge >= 0.3 is 6.18 Å². The normalized spacial score (nSPS) is 15.6. The van der Waals surface area contributed by atoms with Gasteiger partial charge in [0.1, 0.15) is 10.7 Å². The number of fused-ring (bicyclic) bond motifs is 1. The number of halogens is 3. The molecule has 31 heavy (non-hydrogen) atoms. The molecule has 1 N–H and O–H groups in total. The summed E-state index contributed by atoms with van der Waals surface area (Å²) in [4.78, 5) is 13.1. The molecule has 1 aliphatic rings. The smallest absolute Gasteiger partial charge is 0.324 e. The van der Waals surface area contributed by atoms with E-state index >= 15 is 0 Å². The van der Waals surface area contributed by atoms with E-state index in [9.17, 15) is 13.2 Å². The maximum Gasteiger partial charge on any atom is 0.433 e. The van der Waals surface area contributed by atoms with Crippen molar-refractivity contribution in [3.63, 3.8) is 0 Å². The average Bonchev–Trinajstić information content (AvgIpc) is 3.41. The lowest BCUT2D eigenvalue weighted by atomic mass is 10.0. The Bertz CT molecular complexity index is 1240. The number of hydrogen-bond acceptors (Lipinski definition) is 5. The van der Waals surface area contributed by atoms with Crippen molar-refractivity contribution in [1.82, 2.24) is 15.0 Å². The van der Waals surface area contributed by atoms with Crippen molar-refractivity contribution in [2.24, 2.45) is 0 Å². The zero-order chi connectivity index (χ0) is 21.4. The van der Waals surface area contributed by atoms with Crippen molar-refractivity contribution in [2.75, 3.05) is 5.32 Å². The highest BCUT2D eigenvalue weighted by molar-refractivity contribution is 7.15. The first-order valence-electron chi connectivity index (χ1n) is 9.78. The average molecular weight is 438 g/mol. The molecule has 1 aliphatic carbocycles. The van der Waals surface area contributed by atoms with E-state index < -0.39 is 11.9 Å². The summed E-state index contributed by atoms with van der Waals surface area (Å²) in [6.45, 7) is 0. The second-order valence-electron chi connectivity index (χ2n) is 7.32. The topological polar surface area (TPSA) is 50.7 Å². The molecule has 0 spiro atoms. The molecule has 8 heteroatoms. The fraction of sp³-hybridized carbons (Fsp3) is 0.174. The van der Waals surface area contributed by atoms with Crippen molar-refractivity contribution < 1.29 is 13.2 Å². The third-order valence-corrected chi connectivity index (χ3v) is 6.46. The van der Waals surface area contributed by atoms with Gasteiger partial charge in [-0.1, -0.05) is 36.4 Å². The Morgan fingerprint density at radius 1 is 1.00 bits per heavy atom. The van der Waals surface area contributed by atoms with Gasteiger partial charge in [0.2, 0.25) is 5.95 Å². The molecule has 2 heterocycles. The minimum Gasteiger partial charge on any atom is -0.324 e. The highest BCUT2D eigenvalue weighted by atomic mass is 32.1. The highest BCUT2D eigenvalue weighted by Gasteiger charge is 2.32. The maximum atomic E-state index is 12.9. The van der Waals surface area contributed by atoms with Gasteiger partial charge in [0.15, 0.2) is 0 Å². The number of rotatable bonds is 4. The number of benzene rings is 2. The van der Waals surface area contributed by atoms with Gasteiger partial charge in [0.05, 0.1) is 4.88 Å². The monoisotopic (exact) mass is 438 g/mol. The summed E-state index contributed by atoms with van der Waals surface area (Å²) in [6, 6.07) is 16.8. The van der Waals surface area contributed by atoms with Gasteiger partial charge in [-0.3, -0.25) is 0 Å². The van der Waals surface area contributed by atoms with Gasteiger partial charge in [-0.2, -0.15) is 13.2 Å². The van der Waals surface area contributed by atoms with Gasteiger partial charge in [-0.05, 0) is 47.7 Å². The van der Waals surface area contributed by atoms with Crippen LogP contribution >= 0.6 is 11.3 Å². The van der Waals surface area contributed by atoms with E-state index in [0.717, 1.165) is 40.6 Å². The van der Waals surface area contributed by atoms with Crippen LogP contribution in [0.25, 0.3) is 10.4 Å². The van der Waals surface area contributed by atoms with Crippen molar-refractivity contribution in [3.05, 3.63) is 88.8 Å². The molecule has 1 unspecified atom stereocenters. The minimum atomic E-state index is -4.51. The molecule has 156 valence electrons. The fourth-order valence-corrected chi connectivity index (χ4v) is 4.92. The standard InChI is InChI=1S/C23H17F3N4S/c24-23(25,26)20-10-11-27-22(30-20)29-16-6-3-5-15(12-16)19-13-28-21(31-19)18-9-8-14-4-1-2-7-17(14)18/h1-7,10-13,18H,8-9H2,(H,27,29,30). The second-order valence-corrected chi connectivity index (χ2v) is 8.38. The van der Waals surface area contributed by atoms with E-state index in [1.54, 1.807) is 17.4 Å². The zero-order valence-electron chi connectivity index (χ0n) is 16.2. The van der Waals surface area contributed by atoms with Crippen LogP contribution in [0.5, 0.6) is 0 Å². The minimum absolute atomic E-state index is 0.0977. The summed E-state index contributed by atoms with van der Waals surface area (Å²) in [5.41, 5.74) is 3.30. The third-order valence-electron chi connectivity index (χ3n) is 5.30. The quantitative estimate of drug-likeness (QED) is 0.398. The van der Waals surface area contributed by atoms with Crippen molar-refractivity contribution >= 4 is 23.0 Å². The first-order valence-corrected chi connectivity index (χ1v) is 10.6. The van der Waals surface area contributed by atoms with Gasteiger partial charge in [-0.15, -0.1) is 11.3 Å². The Hall–Kier alpha value is -3.26. The van der Waals surface area contributed by atoms with Gasteiger partial charge < -0.3 is 5.32 Å². The predicted molar refractivity (Wildman–Crippen MR) is 114 cm³/mol. The summed E-state index contributed by atoms with van der Waals surface area (Å²) in [5.74, 6) is 0.217. The van der Waals surface area contributed by atoms with Crippen LogP contribution in [0.4, 0.5) is 24.8 Å². The highest BCUT2D eigenvalue weighted by Crippen LogP contribution is 2.41. The van der Waals surface area contributed by atoms with Crippen molar-refractivity contribution in [3.8, 4) is 10.4 Å². The number of anilines is 2. The molecule has 5 rings (SSSR count). The number of alkyl halides is 3. The zero-order valence-corrected chi connectivity index (χ0v) is 17.0. The van der Waals surface area contributed by atoms with E-state index in [0.29, 0.717) is 11.6 Å². The Labute approximate surface area is 180 Å². The molecular weight excluding hydrogens is 421 g/mol. The molecule has 4 aromatic rings. The summed E-state index contributed by atoms with van der Waals surface area (Å²) < 4.78 is 38.7. The van der Waals surface area contributed by atoms with E-state index in [2.05, 4.69) is 44.5 Å². The largest absolute Gasteiger partial charge is 0.433 e. The second kappa shape index (κ2) is 7.77. The van der Waals surface area contributed by atoms with Gasteiger partial charge in [0, 0.05) is 24.0 Å². The van der Waals surface area contributed by atoms with Crippen molar-refractivity contribution in [2.45, 2.75) is 24.9 Å². The Kier molecular flexibility index (Phi) is 4.94. The molecule has 0 saturated heterocycles. The number of hydrogen-bond donors (Lipinski definition) is 1. The summed E-state index contributed by atoms with van der Waals surface area (Å²) >= 11 is 1.65. The molecule has 0 bridgehead atoms. The predicted octanol–water partition coefficient (Wildman–Crippen LogP) is 6.44. The molecule has 2 aromatic carbocycles. The molecule has 0 amide bonds. The number of thiazole rings is 1. The fourth-order valence-electron chi connectivity index (χ4n) is 3.85. The number of aromatic nitrogens is 3. The molecule has 2 aromatic heterocycles. The van der Waals surface area contributed by atoms with E-state index in [4.69, 9.17) is 0 Å². The number of nitrogens with zero attached hydrogens (tertiary/aromatic N) is 3. The van der Waals surface area contributed by atoms with Crippen LogP contribution in [-0.4, -0.2) is 15.0 Å². The first kappa shape index (κ1) is 19.7. The van der Waals surface area contributed by atoms with E-state index in [1.807, 2.05) is 24.4 Å². The maximum absolute atomic E-state index is 12.9. The SMILES string of the molecule is FC(F)(F)c1ccnc(Nc2cccc(-c3cnc(C4CCc5ccccc54)s3)c2)n1. The molecule has 1 atom stereocenters. The van der Waals surface area contributed by atoms with Crippen LogP contribution in [0.15, 0.2) is 67.0 Å². The molecule has 0 aliphatic heterocycles. The van der Waals surface area contributed by atoms with Gasteiger partial charge in [0.25, 0.3) is 0 Å². The molecule has 0 radical (unpaired) electrons. The van der Waals surface area contributed by atoms with E-state index in [-0.39, 0.29) is 5.95 Å². The molecule has 0 fully saturated rings. The van der Waals surface area contributed by atoms with Crippen molar-refractivity contribution in [1.29, 1.82) is 0 Å². The van der Waals surface area contributed by atoms with Crippen LogP contribution in [0, 0.1) is 0 Å². The molecular formula is C23H17F3N4S. The summed E-state index contributed by atoms with van der Waals surface area (Å²) in [6.07, 6.45) is 0.559. The summed E-state index contributed by atoms with van der Waals surface area (Å²) in [5, 5.41) is 3.95. The number of nitrogens with one attached hydrogen (secondary N) is 1. The van der Waals surface area contributed by atoms with Crippen LogP contribution < -0.4 is 5.32 Å². The van der Waals surface area contributed by atoms with Crippen LogP contribution in [-0.2, 0) is 12.6 Å². The number of aryl methyl sites for hydroxylation is 1. The Morgan fingerprint density at radius 2 is 1.87 bits per heavy atom. The molecule has 4 nitrogen and oxygen atoms in total. The van der Waals surface area contributed by atoms with Gasteiger partial charge in [-0.25, -0.2) is 15.0 Å². The Balaban J connectivity index is 1.38. The first-order chi connectivity index (χ1) is 15.0. The van der Waals surface area contributed by atoms with Crippen LogP contribution in [0.1, 0.15) is 34.2 Å². The lowest BCUT2D eigenvalue weighted by molar-refractivity contribution is -0.141. The van der Waals surface area contributed by atoms with E-state index in [1.165, 1.54) is 11.1 Å². The lowest BCUT2D eigenvalue weighted by Crippen LogP contribution is -2.10. The lowest BCUT2D eigenvalue weighted by Gasteiger charge is -2.09.